The van der Waals surface area contributed by atoms with E-state index in [0.717, 1.165) is 43.3 Å². The largest absolute Gasteiger partial charge is 0.494 e. The molecule has 0 saturated heterocycles. The average molecular weight is 593 g/mol. The van der Waals surface area contributed by atoms with Gasteiger partial charge in [0.15, 0.2) is 0 Å². The number of ether oxygens (including phenoxy) is 1. The van der Waals surface area contributed by atoms with E-state index < -0.39 is 0 Å². The topological polar surface area (TPSA) is 32.8 Å². The highest BCUT2D eigenvalue weighted by Gasteiger charge is 2.13. The van der Waals surface area contributed by atoms with Crippen LogP contribution in [0.15, 0.2) is 59.6 Å². The van der Waals surface area contributed by atoms with E-state index in [4.69, 9.17) is 4.74 Å². The summed E-state index contributed by atoms with van der Waals surface area (Å²) in [5, 5.41) is 0. The number of hydrogen-bond donors (Lipinski definition) is 0. The van der Waals surface area contributed by atoms with E-state index >= 15 is 0 Å². The first-order valence-electron chi connectivity index (χ1n) is 16.7. The Morgan fingerprint density at radius 1 is 0.786 bits per heavy atom. The lowest BCUT2D eigenvalue weighted by atomic mass is 10.0. The van der Waals surface area contributed by atoms with Crippen LogP contribution >= 0.6 is 11.8 Å². The lowest BCUT2D eigenvalue weighted by Gasteiger charge is -2.22. The molecule has 0 fully saturated rings. The Hall–Kier alpha value is -2.40. The van der Waals surface area contributed by atoms with Crippen molar-refractivity contribution in [2.24, 2.45) is 0 Å². The number of carbonyl (C=O) groups is 1. The second-order valence-corrected chi connectivity index (χ2v) is 13.1. The maximum atomic E-state index is 12.4. The molecular weight excluding hydrogens is 536 g/mol. The molecule has 5 heteroatoms. The van der Waals surface area contributed by atoms with Gasteiger partial charge in [-0.05, 0) is 60.1 Å². The molecule has 1 aliphatic heterocycles. The number of nitrogens with zero attached hydrogens (tertiary/aromatic N) is 2. The van der Waals surface area contributed by atoms with Crippen molar-refractivity contribution >= 4 is 23.4 Å². The fourth-order valence-corrected chi connectivity index (χ4v) is 6.33. The van der Waals surface area contributed by atoms with Crippen LogP contribution in [0.5, 0.6) is 5.75 Å². The number of rotatable bonds is 22. The van der Waals surface area contributed by atoms with Crippen LogP contribution in [0.2, 0.25) is 0 Å². The van der Waals surface area contributed by atoms with Gasteiger partial charge in [0.05, 0.1) is 12.5 Å². The van der Waals surface area contributed by atoms with E-state index in [1.54, 1.807) is 6.92 Å². The van der Waals surface area contributed by atoms with Gasteiger partial charge in [-0.3, -0.25) is 4.79 Å². The van der Waals surface area contributed by atoms with E-state index in [1.807, 2.05) is 16.7 Å². The van der Waals surface area contributed by atoms with Crippen LogP contribution in [-0.2, 0) is 17.8 Å². The second-order valence-electron chi connectivity index (χ2n) is 11.9. The van der Waals surface area contributed by atoms with E-state index in [1.165, 1.54) is 99.5 Å². The second kappa shape index (κ2) is 20.5. The van der Waals surface area contributed by atoms with Crippen LogP contribution in [-0.4, -0.2) is 29.8 Å². The number of unbranched alkanes of at least 4 members (excludes halogenated alkanes) is 13. The zero-order valence-electron chi connectivity index (χ0n) is 26.8. The summed E-state index contributed by atoms with van der Waals surface area (Å²) in [6.45, 7) is 8.45. The SMILES string of the molecule is CCCCCCCCCCCCCCCCOc1ccc(CCN(C(C)=O)c2ccc(CN3C=C(C)SC3)cc2)cc1. The van der Waals surface area contributed by atoms with Gasteiger partial charge in [0.2, 0.25) is 5.91 Å². The Labute approximate surface area is 261 Å². The first-order chi connectivity index (χ1) is 20.5. The molecule has 0 saturated carbocycles. The molecule has 3 rings (SSSR count). The lowest BCUT2D eigenvalue weighted by Crippen LogP contribution is -2.30. The van der Waals surface area contributed by atoms with Gasteiger partial charge in [-0.15, -0.1) is 11.8 Å². The summed E-state index contributed by atoms with van der Waals surface area (Å²) in [7, 11) is 0. The number of thioether (sulfide) groups is 1. The minimum absolute atomic E-state index is 0.0744. The van der Waals surface area contributed by atoms with E-state index in [-0.39, 0.29) is 5.91 Å². The Bertz CT molecular complexity index is 1030. The van der Waals surface area contributed by atoms with Gasteiger partial charge in [-0.2, -0.15) is 0 Å². The molecule has 0 unspecified atom stereocenters. The van der Waals surface area contributed by atoms with Crippen molar-refractivity contribution in [3.05, 3.63) is 70.8 Å². The quantitative estimate of drug-likeness (QED) is 0.127. The molecule has 0 bridgehead atoms. The third-order valence-corrected chi connectivity index (χ3v) is 9.17. The summed E-state index contributed by atoms with van der Waals surface area (Å²) in [5.41, 5.74) is 3.44. The number of amides is 1. The summed E-state index contributed by atoms with van der Waals surface area (Å²) in [4.78, 5) is 18.0. The first kappa shape index (κ1) is 34.1. The predicted molar refractivity (Wildman–Crippen MR) is 182 cm³/mol. The van der Waals surface area contributed by atoms with Gasteiger partial charge in [-0.1, -0.05) is 115 Å². The molecular formula is C37H56N2O2S. The third kappa shape index (κ3) is 13.7. The number of benzene rings is 2. The van der Waals surface area contributed by atoms with Crippen molar-refractivity contribution in [1.29, 1.82) is 0 Å². The minimum Gasteiger partial charge on any atom is -0.494 e. The van der Waals surface area contributed by atoms with Gasteiger partial charge in [0.1, 0.15) is 5.75 Å². The molecule has 0 spiro atoms. The molecule has 42 heavy (non-hydrogen) atoms. The van der Waals surface area contributed by atoms with Crippen molar-refractivity contribution in [1.82, 2.24) is 4.90 Å². The zero-order valence-corrected chi connectivity index (χ0v) is 27.6. The van der Waals surface area contributed by atoms with Crippen molar-refractivity contribution in [3.63, 3.8) is 0 Å². The average Bonchev–Trinajstić information content (AvgIpc) is 3.40. The molecule has 0 aliphatic carbocycles. The number of anilines is 1. The zero-order chi connectivity index (χ0) is 29.8. The summed E-state index contributed by atoms with van der Waals surface area (Å²) < 4.78 is 5.99. The molecule has 0 atom stereocenters. The van der Waals surface area contributed by atoms with E-state index in [2.05, 4.69) is 73.5 Å². The van der Waals surface area contributed by atoms with Crippen molar-refractivity contribution < 1.29 is 9.53 Å². The molecule has 2 aromatic carbocycles. The van der Waals surface area contributed by atoms with Gasteiger partial charge >= 0.3 is 0 Å². The Balaban J connectivity index is 1.24. The molecule has 0 radical (unpaired) electrons. The van der Waals surface area contributed by atoms with Crippen molar-refractivity contribution in [3.8, 4) is 5.75 Å². The smallest absolute Gasteiger partial charge is 0.223 e. The van der Waals surface area contributed by atoms with Crippen LogP contribution in [0.4, 0.5) is 5.69 Å². The minimum atomic E-state index is 0.0744. The maximum Gasteiger partial charge on any atom is 0.223 e. The summed E-state index contributed by atoms with van der Waals surface area (Å²) in [6.07, 6.45) is 22.2. The molecule has 0 aromatic heterocycles. The van der Waals surface area contributed by atoms with Crippen molar-refractivity contribution in [2.45, 2.75) is 124 Å². The lowest BCUT2D eigenvalue weighted by molar-refractivity contribution is -0.116. The van der Waals surface area contributed by atoms with Crippen LogP contribution in [0, 0.1) is 0 Å². The predicted octanol–water partition coefficient (Wildman–Crippen LogP) is 10.5. The van der Waals surface area contributed by atoms with E-state index in [9.17, 15) is 4.79 Å². The van der Waals surface area contributed by atoms with Gasteiger partial charge < -0.3 is 14.5 Å². The van der Waals surface area contributed by atoms with Gasteiger partial charge in [0, 0.05) is 31.9 Å². The molecule has 1 aliphatic rings. The Morgan fingerprint density at radius 3 is 1.86 bits per heavy atom. The normalized spacial score (nSPS) is 12.9. The highest BCUT2D eigenvalue weighted by atomic mass is 32.2. The molecule has 4 nitrogen and oxygen atoms in total. The highest BCUT2D eigenvalue weighted by Crippen LogP contribution is 2.26. The highest BCUT2D eigenvalue weighted by molar-refractivity contribution is 8.03. The van der Waals surface area contributed by atoms with Crippen LogP contribution in [0.3, 0.4) is 0 Å². The standard InChI is InChI=1S/C37H56N2O2S/c1-4-5-6-7-8-9-10-11-12-13-14-15-16-17-28-41-37-24-20-34(21-25-37)26-27-39(33(3)40)36-22-18-35(19-23-36)30-38-29-32(2)42-31-38/h18-25,29H,4-17,26-28,30-31H2,1-3H3. The first-order valence-corrected chi connectivity index (χ1v) is 17.7. The Kier molecular flexibility index (Phi) is 16.6. The van der Waals surface area contributed by atoms with Gasteiger partial charge in [0.25, 0.3) is 0 Å². The third-order valence-electron chi connectivity index (χ3n) is 8.15. The summed E-state index contributed by atoms with van der Waals surface area (Å²) >= 11 is 1.88. The molecule has 232 valence electrons. The molecule has 1 heterocycles. The van der Waals surface area contributed by atoms with Crippen molar-refractivity contribution in [2.75, 3.05) is 23.9 Å². The molecule has 2 aromatic rings. The molecule has 1 amide bonds. The summed E-state index contributed by atoms with van der Waals surface area (Å²) in [6, 6.07) is 16.8. The Morgan fingerprint density at radius 2 is 1.33 bits per heavy atom. The number of allylic oxidation sites excluding steroid dienone is 1. The van der Waals surface area contributed by atoms with Crippen LogP contribution < -0.4 is 9.64 Å². The number of hydrogen-bond acceptors (Lipinski definition) is 4. The fourth-order valence-electron chi connectivity index (χ4n) is 5.57. The van der Waals surface area contributed by atoms with Crippen LogP contribution in [0.25, 0.3) is 0 Å². The van der Waals surface area contributed by atoms with Crippen LogP contribution in [0.1, 0.15) is 122 Å². The summed E-state index contributed by atoms with van der Waals surface area (Å²) in [5.74, 6) is 2.02. The monoisotopic (exact) mass is 592 g/mol. The fraction of sp³-hybridized carbons (Fsp3) is 0.595. The maximum absolute atomic E-state index is 12.4. The van der Waals surface area contributed by atoms with Gasteiger partial charge in [-0.25, -0.2) is 0 Å². The van der Waals surface area contributed by atoms with E-state index in [0.29, 0.717) is 6.54 Å². The number of carbonyl (C=O) groups excluding carboxylic acids is 1. The molecule has 0 N–H and O–H groups in total.